The summed E-state index contributed by atoms with van der Waals surface area (Å²) in [5.74, 6) is -0.803. The number of carboxylic acids is 1. The van der Waals surface area contributed by atoms with E-state index in [9.17, 15) is 9.18 Å². The number of hydrogen-bond donors (Lipinski definition) is 1. The van der Waals surface area contributed by atoms with Gasteiger partial charge in [0.15, 0.2) is 5.82 Å². The molecule has 0 amide bonds. The molecule has 0 spiro atoms. The molecular weight excluding hydrogens is 251 g/mol. The second-order valence-electron chi connectivity index (χ2n) is 4.36. The van der Waals surface area contributed by atoms with Crippen molar-refractivity contribution in [2.45, 2.75) is 26.3 Å². The van der Waals surface area contributed by atoms with Crippen molar-refractivity contribution in [1.82, 2.24) is 20.2 Å². The lowest BCUT2D eigenvalue weighted by atomic mass is 10.1. The molecule has 1 heterocycles. The van der Waals surface area contributed by atoms with Crippen LogP contribution in [0.5, 0.6) is 0 Å². The topological polar surface area (TPSA) is 80.9 Å². The van der Waals surface area contributed by atoms with Crippen molar-refractivity contribution < 1.29 is 14.3 Å². The molecule has 1 aromatic heterocycles. The van der Waals surface area contributed by atoms with E-state index in [-0.39, 0.29) is 18.3 Å². The Hall–Kier alpha value is -2.31. The Bertz CT molecular complexity index is 612. The number of aryl methyl sites for hydroxylation is 1. The van der Waals surface area contributed by atoms with Gasteiger partial charge in [-0.25, -0.2) is 9.07 Å². The fourth-order valence-corrected chi connectivity index (χ4v) is 1.80. The first kappa shape index (κ1) is 13.1. The Morgan fingerprint density at radius 3 is 2.89 bits per heavy atom. The van der Waals surface area contributed by atoms with Crippen LogP contribution in [0, 0.1) is 12.7 Å². The third-order valence-electron chi connectivity index (χ3n) is 2.80. The van der Waals surface area contributed by atoms with E-state index in [4.69, 9.17) is 5.11 Å². The van der Waals surface area contributed by atoms with Gasteiger partial charge in [0.1, 0.15) is 5.82 Å². The summed E-state index contributed by atoms with van der Waals surface area (Å²) in [7, 11) is 0. The average Bonchev–Trinajstić information content (AvgIpc) is 2.81. The minimum atomic E-state index is -0.927. The van der Waals surface area contributed by atoms with Crippen LogP contribution in [0.15, 0.2) is 18.2 Å². The van der Waals surface area contributed by atoms with Crippen molar-refractivity contribution in [3.8, 4) is 11.4 Å². The third-order valence-corrected chi connectivity index (χ3v) is 2.80. The van der Waals surface area contributed by atoms with Crippen LogP contribution in [0.2, 0.25) is 0 Å². The molecule has 7 heteroatoms. The number of carboxylic acid groups (broad SMARTS) is 1. The van der Waals surface area contributed by atoms with Gasteiger partial charge in [-0.1, -0.05) is 0 Å². The van der Waals surface area contributed by atoms with Crippen molar-refractivity contribution in [1.29, 1.82) is 0 Å². The summed E-state index contributed by atoms with van der Waals surface area (Å²) in [4.78, 5) is 10.7. The van der Waals surface area contributed by atoms with Gasteiger partial charge in [0, 0.05) is 5.56 Å². The number of carbonyl (C=O) groups is 1. The number of aromatic nitrogens is 4. The number of rotatable bonds is 4. The van der Waals surface area contributed by atoms with Crippen LogP contribution in [0.25, 0.3) is 11.4 Å². The van der Waals surface area contributed by atoms with Crippen LogP contribution < -0.4 is 0 Å². The van der Waals surface area contributed by atoms with E-state index in [2.05, 4.69) is 15.5 Å². The highest BCUT2D eigenvalue weighted by Crippen LogP contribution is 2.22. The first-order valence-corrected chi connectivity index (χ1v) is 5.75. The summed E-state index contributed by atoms with van der Waals surface area (Å²) < 4.78 is 14.7. The number of tetrazole rings is 1. The van der Waals surface area contributed by atoms with Gasteiger partial charge in [0.2, 0.25) is 0 Å². The highest BCUT2D eigenvalue weighted by Gasteiger charge is 2.17. The molecule has 0 aliphatic rings. The van der Waals surface area contributed by atoms with Gasteiger partial charge in [-0.15, -0.1) is 5.10 Å². The molecule has 1 aromatic carbocycles. The molecule has 19 heavy (non-hydrogen) atoms. The summed E-state index contributed by atoms with van der Waals surface area (Å²) in [6.07, 6.45) is -0.0851. The predicted molar refractivity (Wildman–Crippen MR) is 64.9 cm³/mol. The number of halogens is 1. The number of benzene rings is 1. The highest BCUT2D eigenvalue weighted by molar-refractivity contribution is 5.67. The summed E-state index contributed by atoms with van der Waals surface area (Å²) in [6, 6.07) is 4.15. The van der Waals surface area contributed by atoms with E-state index in [1.165, 1.54) is 10.7 Å². The SMILES string of the molecule is Cc1cc(-c2nnnn2C(C)CC(=O)O)ccc1F. The molecule has 1 N–H and O–H groups in total. The molecule has 0 bridgehead atoms. The molecule has 1 unspecified atom stereocenters. The van der Waals surface area contributed by atoms with E-state index in [0.717, 1.165) is 0 Å². The first-order chi connectivity index (χ1) is 8.99. The van der Waals surface area contributed by atoms with Gasteiger partial charge in [-0.3, -0.25) is 4.79 Å². The van der Waals surface area contributed by atoms with Crippen LogP contribution >= 0.6 is 0 Å². The average molecular weight is 264 g/mol. The summed E-state index contributed by atoms with van der Waals surface area (Å²) in [6.45, 7) is 3.36. The highest BCUT2D eigenvalue weighted by atomic mass is 19.1. The van der Waals surface area contributed by atoms with E-state index in [0.29, 0.717) is 17.0 Å². The zero-order chi connectivity index (χ0) is 14.0. The lowest BCUT2D eigenvalue weighted by molar-refractivity contribution is -0.137. The fourth-order valence-electron chi connectivity index (χ4n) is 1.80. The molecule has 100 valence electrons. The van der Waals surface area contributed by atoms with Gasteiger partial charge in [-0.2, -0.15) is 0 Å². The summed E-state index contributed by atoms with van der Waals surface area (Å²) in [5.41, 5.74) is 1.14. The molecule has 2 aromatic rings. The van der Waals surface area contributed by atoms with Crippen LogP contribution in [0.3, 0.4) is 0 Å². The van der Waals surface area contributed by atoms with Gasteiger partial charge in [0.05, 0.1) is 12.5 Å². The van der Waals surface area contributed by atoms with Crippen LogP contribution in [-0.4, -0.2) is 31.3 Å². The second kappa shape index (κ2) is 5.13. The first-order valence-electron chi connectivity index (χ1n) is 5.75. The molecule has 0 radical (unpaired) electrons. The molecule has 0 saturated heterocycles. The van der Waals surface area contributed by atoms with E-state index >= 15 is 0 Å². The standard InChI is InChI=1S/C12H13FN4O2/c1-7-5-9(3-4-10(7)13)12-14-15-16-17(12)8(2)6-11(18)19/h3-5,8H,6H2,1-2H3,(H,18,19). The van der Waals surface area contributed by atoms with Crippen molar-refractivity contribution in [3.05, 3.63) is 29.6 Å². The molecule has 0 aliphatic heterocycles. The van der Waals surface area contributed by atoms with E-state index < -0.39 is 5.97 Å². The lowest BCUT2D eigenvalue weighted by Gasteiger charge is -2.11. The van der Waals surface area contributed by atoms with Gasteiger partial charge in [0.25, 0.3) is 0 Å². The Balaban J connectivity index is 2.38. The fraction of sp³-hybridized carbons (Fsp3) is 0.333. The monoisotopic (exact) mass is 264 g/mol. The predicted octanol–water partition coefficient (Wildman–Crippen LogP) is 1.82. The lowest BCUT2D eigenvalue weighted by Crippen LogP contribution is -2.13. The largest absolute Gasteiger partial charge is 0.481 e. The van der Waals surface area contributed by atoms with Crippen LogP contribution in [-0.2, 0) is 4.79 Å². The van der Waals surface area contributed by atoms with E-state index in [1.54, 1.807) is 26.0 Å². The smallest absolute Gasteiger partial charge is 0.305 e. The number of nitrogens with zero attached hydrogens (tertiary/aromatic N) is 4. The second-order valence-corrected chi connectivity index (χ2v) is 4.36. The maximum atomic E-state index is 13.2. The zero-order valence-corrected chi connectivity index (χ0v) is 10.5. The molecule has 6 nitrogen and oxygen atoms in total. The van der Waals surface area contributed by atoms with Gasteiger partial charge < -0.3 is 5.11 Å². The van der Waals surface area contributed by atoms with Crippen LogP contribution in [0.1, 0.15) is 24.9 Å². The molecule has 0 saturated carbocycles. The van der Waals surface area contributed by atoms with Crippen molar-refractivity contribution in [2.24, 2.45) is 0 Å². The maximum absolute atomic E-state index is 13.2. The molecule has 0 aliphatic carbocycles. The molecular formula is C12H13FN4O2. The maximum Gasteiger partial charge on any atom is 0.305 e. The minimum Gasteiger partial charge on any atom is -0.481 e. The van der Waals surface area contributed by atoms with Crippen molar-refractivity contribution >= 4 is 5.97 Å². The molecule has 2 rings (SSSR count). The normalized spacial score (nSPS) is 12.4. The van der Waals surface area contributed by atoms with Crippen LogP contribution in [0.4, 0.5) is 4.39 Å². The Morgan fingerprint density at radius 1 is 1.53 bits per heavy atom. The Labute approximate surface area is 108 Å². The van der Waals surface area contributed by atoms with Gasteiger partial charge in [-0.05, 0) is 48.0 Å². The van der Waals surface area contributed by atoms with Crippen molar-refractivity contribution in [2.75, 3.05) is 0 Å². The summed E-state index contributed by atoms with van der Waals surface area (Å²) in [5, 5.41) is 20.0. The van der Waals surface area contributed by atoms with E-state index in [1.807, 2.05) is 0 Å². The number of hydrogen-bond acceptors (Lipinski definition) is 4. The Kier molecular flexibility index (Phi) is 3.55. The quantitative estimate of drug-likeness (QED) is 0.911. The summed E-state index contributed by atoms with van der Waals surface area (Å²) >= 11 is 0. The third kappa shape index (κ3) is 2.75. The van der Waals surface area contributed by atoms with Crippen molar-refractivity contribution in [3.63, 3.8) is 0 Å². The van der Waals surface area contributed by atoms with Gasteiger partial charge >= 0.3 is 5.97 Å². The molecule has 0 fully saturated rings. The zero-order valence-electron chi connectivity index (χ0n) is 10.5. The number of aliphatic carboxylic acids is 1. The Morgan fingerprint density at radius 2 is 2.26 bits per heavy atom. The minimum absolute atomic E-state index is 0.0851. The molecule has 1 atom stereocenters.